The van der Waals surface area contributed by atoms with Crippen molar-refractivity contribution in [3.63, 3.8) is 0 Å². The number of rotatable bonds is 2. The summed E-state index contributed by atoms with van der Waals surface area (Å²) in [6.07, 6.45) is 4.95. The minimum atomic E-state index is -0.236. The van der Waals surface area contributed by atoms with E-state index in [0.29, 0.717) is 0 Å². The first-order valence-corrected chi connectivity index (χ1v) is 10.6. The van der Waals surface area contributed by atoms with Crippen LogP contribution in [0, 0.1) is 20.8 Å². The Morgan fingerprint density at radius 3 is 2.29 bits per heavy atom. The van der Waals surface area contributed by atoms with Crippen LogP contribution in [-0.2, 0) is 12.8 Å². The molecule has 0 saturated carbocycles. The quantitative estimate of drug-likeness (QED) is 0.453. The summed E-state index contributed by atoms with van der Waals surface area (Å²) < 4.78 is 6.61. The van der Waals surface area contributed by atoms with Crippen LogP contribution in [0.4, 0.5) is 0 Å². The zero-order valence-electron chi connectivity index (χ0n) is 18.2. The number of fused-ring (bicyclic) bond motifs is 2. The van der Waals surface area contributed by atoms with E-state index in [1.165, 1.54) is 69.8 Å². The Morgan fingerprint density at radius 2 is 1.54 bits per heavy atom. The maximum absolute atomic E-state index is 6.61. The predicted octanol–water partition coefficient (Wildman–Crippen LogP) is 7.49. The lowest BCUT2D eigenvalue weighted by molar-refractivity contribution is 0.131. The van der Waals surface area contributed by atoms with Gasteiger partial charge in [-0.3, -0.25) is 0 Å². The molecule has 0 bridgehead atoms. The van der Waals surface area contributed by atoms with Crippen molar-refractivity contribution in [1.29, 1.82) is 0 Å². The predicted molar refractivity (Wildman–Crippen MR) is 121 cm³/mol. The van der Waals surface area contributed by atoms with Gasteiger partial charge in [-0.25, -0.2) is 0 Å². The Balaban J connectivity index is 2.14. The van der Waals surface area contributed by atoms with Crippen LogP contribution in [0.1, 0.15) is 61.4 Å². The van der Waals surface area contributed by atoms with Gasteiger partial charge in [-0.05, 0) is 117 Å². The topological polar surface area (TPSA) is 9.23 Å². The second-order valence-corrected chi connectivity index (χ2v) is 9.37. The number of ether oxygens (including phenoxy) is 1. The third kappa shape index (κ3) is 3.32. The largest absolute Gasteiger partial charge is 0.487 e. The molecule has 0 fully saturated rings. The minimum absolute atomic E-state index is 0.236. The monoisotopic (exact) mass is 372 g/mol. The van der Waals surface area contributed by atoms with E-state index in [9.17, 15) is 0 Å². The van der Waals surface area contributed by atoms with Gasteiger partial charge < -0.3 is 4.74 Å². The molecule has 1 aliphatic rings. The first-order chi connectivity index (χ1) is 13.3. The molecule has 0 N–H and O–H groups in total. The summed E-state index contributed by atoms with van der Waals surface area (Å²) in [6.45, 7) is 13.2. The van der Waals surface area contributed by atoms with Gasteiger partial charge in [0.05, 0.1) is 0 Å². The van der Waals surface area contributed by atoms with E-state index in [0.717, 1.165) is 5.75 Å². The molecule has 146 valence electrons. The van der Waals surface area contributed by atoms with E-state index in [2.05, 4.69) is 77.9 Å². The van der Waals surface area contributed by atoms with Crippen molar-refractivity contribution >= 4 is 10.8 Å². The average molecular weight is 373 g/mol. The average Bonchev–Trinajstić information content (AvgIpc) is 2.63. The molecule has 3 aromatic carbocycles. The lowest BCUT2D eigenvalue weighted by atomic mass is 9.80. The Bertz CT molecular complexity index is 1050. The molecule has 0 spiro atoms. The van der Waals surface area contributed by atoms with Gasteiger partial charge in [-0.15, -0.1) is 0 Å². The third-order valence-corrected chi connectivity index (χ3v) is 6.02. The normalized spacial score (nSPS) is 14.2. The molecule has 28 heavy (non-hydrogen) atoms. The second-order valence-electron chi connectivity index (χ2n) is 9.37. The molecule has 4 rings (SSSR count). The third-order valence-electron chi connectivity index (χ3n) is 6.02. The van der Waals surface area contributed by atoms with Gasteiger partial charge in [0.25, 0.3) is 0 Å². The summed E-state index contributed by atoms with van der Waals surface area (Å²) in [5, 5.41) is 2.59. The van der Waals surface area contributed by atoms with Gasteiger partial charge >= 0.3 is 0 Å². The summed E-state index contributed by atoms with van der Waals surface area (Å²) in [5.41, 5.74) is 9.58. The molecular weight excluding hydrogens is 340 g/mol. The van der Waals surface area contributed by atoms with Crippen LogP contribution in [0.2, 0.25) is 0 Å². The van der Waals surface area contributed by atoms with Crippen molar-refractivity contribution in [3.05, 3.63) is 64.2 Å². The van der Waals surface area contributed by atoms with Gasteiger partial charge in [0, 0.05) is 5.56 Å². The highest BCUT2D eigenvalue weighted by Gasteiger charge is 2.25. The molecule has 0 heterocycles. The van der Waals surface area contributed by atoms with Crippen LogP contribution < -0.4 is 4.74 Å². The van der Waals surface area contributed by atoms with Gasteiger partial charge in [-0.1, -0.05) is 30.3 Å². The van der Waals surface area contributed by atoms with Crippen LogP contribution in [0.5, 0.6) is 5.75 Å². The number of aryl methyl sites for hydroxylation is 3. The molecule has 0 amide bonds. The number of benzene rings is 3. The molecule has 0 radical (unpaired) electrons. The van der Waals surface area contributed by atoms with E-state index in [-0.39, 0.29) is 5.60 Å². The maximum Gasteiger partial charge on any atom is 0.131 e. The Labute approximate surface area is 169 Å². The summed E-state index contributed by atoms with van der Waals surface area (Å²) in [5.74, 6) is 1.05. The molecule has 1 aliphatic carbocycles. The molecule has 0 unspecified atom stereocenters. The Morgan fingerprint density at radius 1 is 0.821 bits per heavy atom. The van der Waals surface area contributed by atoms with E-state index in [1.807, 2.05) is 0 Å². The number of hydrogen-bond acceptors (Lipinski definition) is 1. The first kappa shape index (κ1) is 19.1. The molecule has 0 aromatic heterocycles. The van der Waals surface area contributed by atoms with Gasteiger partial charge in [0.15, 0.2) is 0 Å². The fraction of sp³-hybridized carbons (Fsp3) is 0.407. The SMILES string of the molecule is Cc1cc2c(c(-c3c(OC(C)(C)C)c(C)cc4ccccc34)c1C)CCCC2. The maximum atomic E-state index is 6.61. The summed E-state index contributed by atoms with van der Waals surface area (Å²) >= 11 is 0. The fourth-order valence-corrected chi connectivity index (χ4v) is 4.66. The molecule has 0 saturated heterocycles. The van der Waals surface area contributed by atoms with Crippen LogP contribution in [0.3, 0.4) is 0 Å². The van der Waals surface area contributed by atoms with Crippen LogP contribution in [-0.4, -0.2) is 5.60 Å². The highest BCUT2D eigenvalue weighted by Crippen LogP contribution is 2.46. The van der Waals surface area contributed by atoms with Crippen molar-refractivity contribution in [3.8, 4) is 16.9 Å². The minimum Gasteiger partial charge on any atom is -0.487 e. The van der Waals surface area contributed by atoms with Crippen molar-refractivity contribution in [2.45, 2.75) is 72.8 Å². The van der Waals surface area contributed by atoms with Gasteiger partial charge in [-0.2, -0.15) is 0 Å². The van der Waals surface area contributed by atoms with Crippen molar-refractivity contribution in [2.24, 2.45) is 0 Å². The van der Waals surface area contributed by atoms with E-state index in [1.54, 1.807) is 5.56 Å². The molecule has 1 nitrogen and oxygen atoms in total. The molecule has 0 atom stereocenters. The van der Waals surface area contributed by atoms with Crippen LogP contribution in [0.15, 0.2) is 36.4 Å². The smallest absolute Gasteiger partial charge is 0.131 e. The van der Waals surface area contributed by atoms with E-state index < -0.39 is 0 Å². The zero-order valence-corrected chi connectivity index (χ0v) is 18.2. The highest BCUT2D eigenvalue weighted by molar-refractivity contribution is 6.02. The lowest BCUT2D eigenvalue weighted by Crippen LogP contribution is -2.24. The van der Waals surface area contributed by atoms with Crippen molar-refractivity contribution in [2.75, 3.05) is 0 Å². The first-order valence-electron chi connectivity index (χ1n) is 10.6. The lowest BCUT2D eigenvalue weighted by Gasteiger charge is -2.29. The van der Waals surface area contributed by atoms with Gasteiger partial charge in [0.2, 0.25) is 0 Å². The summed E-state index contributed by atoms with van der Waals surface area (Å²) in [6, 6.07) is 13.5. The molecular formula is C27H32O. The molecule has 0 aliphatic heterocycles. The standard InChI is InChI=1S/C27H32O/c1-17-15-20-11-7-9-13-22(20)24(19(17)3)25-23-14-10-8-12-21(23)16-18(2)26(25)28-27(4,5)6/h8,10,12,14-16H,7,9,11,13H2,1-6H3. The summed E-state index contributed by atoms with van der Waals surface area (Å²) in [7, 11) is 0. The Kier molecular flexibility index (Phi) is 4.73. The molecule has 3 aromatic rings. The highest BCUT2D eigenvalue weighted by atomic mass is 16.5. The Hall–Kier alpha value is -2.28. The van der Waals surface area contributed by atoms with Crippen LogP contribution in [0.25, 0.3) is 21.9 Å². The van der Waals surface area contributed by atoms with E-state index in [4.69, 9.17) is 4.74 Å². The summed E-state index contributed by atoms with van der Waals surface area (Å²) in [4.78, 5) is 0. The second kappa shape index (κ2) is 6.95. The molecule has 1 heteroatoms. The zero-order chi connectivity index (χ0) is 20.1. The fourth-order valence-electron chi connectivity index (χ4n) is 4.66. The van der Waals surface area contributed by atoms with E-state index >= 15 is 0 Å². The van der Waals surface area contributed by atoms with Crippen molar-refractivity contribution in [1.82, 2.24) is 0 Å². The number of hydrogen-bond donors (Lipinski definition) is 0. The van der Waals surface area contributed by atoms with Crippen LogP contribution >= 0.6 is 0 Å². The van der Waals surface area contributed by atoms with Crippen molar-refractivity contribution < 1.29 is 4.74 Å². The van der Waals surface area contributed by atoms with Gasteiger partial charge in [0.1, 0.15) is 11.4 Å².